The lowest BCUT2D eigenvalue weighted by atomic mass is 10.2. The summed E-state index contributed by atoms with van der Waals surface area (Å²) >= 11 is 0. The Hall–Kier alpha value is -0.130. The quantitative estimate of drug-likeness (QED) is 0.654. The summed E-state index contributed by atoms with van der Waals surface area (Å²) < 4.78 is 22.2. The summed E-state index contributed by atoms with van der Waals surface area (Å²) in [5.74, 6) is 0.510. The van der Waals surface area contributed by atoms with Crippen LogP contribution in [-0.2, 0) is 9.84 Å². The Balaban J connectivity index is 2.39. The molecule has 2 atom stereocenters. The highest BCUT2D eigenvalue weighted by Crippen LogP contribution is 2.12. The van der Waals surface area contributed by atoms with Crippen molar-refractivity contribution in [1.82, 2.24) is 5.32 Å². The molecule has 4 nitrogen and oxygen atoms in total. The second kappa shape index (κ2) is 4.39. The molecule has 1 unspecified atom stereocenters. The molecule has 2 N–H and O–H groups in total. The van der Waals surface area contributed by atoms with Crippen LogP contribution in [0.2, 0.25) is 0 Å². The van der Waals surface area contributed by atoms with Gasteiger partial charge < -0.3 is 10.4 Å². The molecule has 13 heavy (non-hydrogen) atoms. The van der Waals surface area contributed by atoms with Crippen LogP contribution in [0.25, 0.3) is 0 Å². The van der Waals surface area contributed by atoms with Gasteiger partial charge in [0.2, 0.25) is 0 Å². The molecule has 1 heterocycles. The molecule has 0 amide bonds. The summed E-state index contributed by atoms with van der Waals surface area (Å²) in [6, 6.07) is 0.0837. The summed E-state index contributed by atoms with van der Waals surface area (Å²) in [6.45, 7) is 2.05. The average molecular weight is 207 g/mol. The molecule has 0 radical (unpaired) electrons. The van der Waals surface area contributed by atoms with Gasteiger partial charge in [0.15, 0.2) is 9.84 Å². The second-order valence-corrected chi connectivity index (χ2v) is 5.78. The molecule has 0 aliphatic carbocycles. The number of nitrogens with one attached hydrogen (secondary N) is 1. The second-order valence-electron chi connectivity index (χ2n) is 3.55. The molecule has 0 aromatic carbocycles. The van der Waals surface area contributed by atoms with Crippen molar-refractivity contribution in [3.63, 3.8) is 0 Å². The minimum absolute atomic E-state index is 0.0401. The summed E-state index contributed by atoms with van der Waals surface area (Å²) in [5.41, 5.74) is 0. The van der Waals surface area contributed by atoms with Gasteiger partial charge in [-0.25, -0.2) is 8.42 Å². The monoisotopic (exact) mass is 207 g/mol. The third kappa shape index (κ3) is 3.25. The smallest absolute Gasteiger partial charge is 0.151 e. The number of sulfone groups is 1. The number of aliphatic hydroxyl groups is 1. The van der Waals surface area contributed by atoms with Gasteiger partial charge in [-0.3, -0.25) is 0 Å². The van der Waals surface area contributed by atoms with Gasteiger partial charge in [-0.1, -0.05) is 6.92 Å². The summed E-state index contributed by atoms with van der Waals surface area (Å²) in [7, 11) is -2.80. The minimum Gasteiger partial charge on any atom is -0.395 e. The molecular formula is C8H17NO3S. The van der Waals surface area contributed by atoms with Gasteiger partial charge in [0.25, 0.3) is 0 Å². The van der Waals surface area contributed by atoms with E-state index in [1.807, 2.05) is 6.92 Å². The maximum atomic E-state index is 11.1. The van der Waals surface area contributed by atoms with Gasteiger partial charge in [0.1, 0.15) is 0 Å². The van der Waals surface area contributed by atoms with Crippen molar-refractivity contribution in [3.8, 4) is 0 Å². The average Bonchev–Trinajstić information content (AvgIpc) is 2.41. The largest absolute Gasteiger partial charge is 0.395 e. The van der Waals surface area contributed by atoms with Gasteiger partial charge in [-0.15, -0.1) is 0 Å². The lowest BCUT2D eigenvalue weighted by Crippen LogP contribution is -2.40. The molecule has 5 heteroatoms. The predicted octanol–water partition coefficient (Wildman–Crippen LogP) is -0.466. The lowest BCUT2D eigenvalue weighted by Gasteiger charge is -2.18. The molecule has 1 saturated heterocycles. The van der Waals surface area contributed by atoms with E-state index in [9.17, 15) is 8.42 Å². The van der Waals surface area contributed by atoms with E-state index in [2.05, 4.69) is 5.32 Å². The van der Waals surface area contributed by atoms with Gasteiger partial charge in [-0.05, 0) is 12.8 Å². The zero-order valence-corrected chi connectivity index (χ0v) is 8.68. The van der Waals surface area contributed by atoms with Crippen molar-refractivity contribution in [2.24, 2.45) is 0 Å². The van der Waals surface area contributed by atoms with Crippen LogP contribution in [0.1, 0.15) is 19.8 Å². The fourth-order valence-corrected chi connectivity index (χ4v) is 3.25. The number of hydrogen-bond acceptors (Lipinski definition) is 4. The van der Waals surface area contributed by atoms with E-state index in [1.54, 1.807) is 0 Å². The number of hydrogen-bond donors (Lipinski definition) is 2. The first-order valence-electron chi connectivity index (χ1n) is 4.64. The van der Waals surface area contributed by atoms with Crippen LogP contribution < -0.4 is 5.32 Å². The van der Waals surface area contributed by atoms with Crippen molar-refractivity contribution in [1.29, 1.82) is 0 Å². The molecule has 0 bridgehead atoms. The number of rotatable bonds is 4. The van der Waals surface area contributed by atoms with E-state index in [0.29, 0.717) is 6.42 Å². The Bertz CT molecular complexity index is 246. The van der Waals surface area contributed by atoms with Gasteiger partial charge in [0, 0.05) is 12.1 Å². The SMILES string of the molecule is CC[C@H](CO)NC1CCS(=O)(=O)C1. The van der Waals surface area contributed by atoms with E-state index in [0.717, 1.165) is 6.42 Å². The summed E-state index contributed by atoms with van der Waals surface area (Å²) in [6.07, 6.45) is 1.51. The third-order valence-electron chi connectivity index (χ3n) is 2.42. The summed E-state index contributed by atoms with van der Waals surface area (Å²) in [4.78, 5) is 0. The molecule has 1 aliphatic heterocycles. The maximum absolute atomic E-state index is 11.1. The van der Waals surface area contributed by atoms with E-state index in [-0.39, 0.29) is 30.2 Å². The fourth-order valence-electron chi connectivity index (χ4n) is 1.56. The van der Waals surface area contributed by atoms with Crippen LogP contribution in [0.15, 0.2) is 0 Å². The summed E-state index contributed by atoms with van der Waals surface area (Å²) in [5, 5.41) is 12.0. The van der Waals surface area contributed by atoms with E-state index in [1.165, 1.54) is 0 Å². The standard InChI is InChI=1S/C8H17NO3S/c1-2-7(5-10)9-8-3-4-13(11,12)6-8/h7-10H,2-6H2,1H3/t7-,8?/m1/s1. The Morgan fingerprint density at radius 2 is 2.31 bits per heavy atom. The predicted molar refractivity (Wildman–Crippen MR) is 51.4 cm³/mol. The third-order valence-corrected chi connectivity index (χ3v) is 4.18. The Morgan fingerprint density at radius 3 is 2.69 bits per heavy atom. The molecule has 0 saturated carbocycles. The molecule has 0 spiro atoms. The van der Waals surface area contributed by atoms with Crippen LogP contribution in [0.4, 0.5) is 0 Å². The maximum Gasteiger partial charge on any atom is 0.151 e. The Labute approximate surface area is 79.3 Å². The minimum atomic E-state index is -2.80. The molecule has 78 valence electrons. The Kier molecular flexibility index (Phi) is 3.70. The first-order valence-corrected chi connectivity index (χ1v) is 6.47. The van der Waals surface area contributed by atoms with Crippen molar-refractivity contribution < 1.29 is 13.5 Å². The van der Waals surface area contributed by atoms with Crippen LogP contribution >= 0.6 is 0 Å². The van der Waals surface area contributed by atoms with Crippen LogP contribution in [-0.4, -0.2) is 43.7 Å². The topological polar surface area (TPSA) is 66.4 Å². The number of aliphatic hydroxyl groups excluding tert-OH is 1. The van der Waals surface area contributed by atoms with E-state index in [4.69, 9.17) is 5.11 Å². The molecule has 0 aromatic rings. The normalized spacial score (nSPS) is 28.9. The Morgan fingerprint density at radius 1 is 1.62 bits per heavy atom. The van der Waals surface area contributed by atoms with Crippen LogP contribution in [0.5, 0.6) is 0 Å². The molecule has 1 rings (SSSR count). The fraction of sp³-hybridized carbons (Fsp3) is 1.00. The van der Waals surface area contributed by atoms with Crippen molar-refractivity contribution in [2.75, 3.05) is 18.1 Å². The molecule has 0 aromatic heterocycles. The van der Waals surface area contributed by atoms with Gasteiger partial charge in [0.05, 0.1) is 18.1 Å². The van der Waals surface area contributed by atoms with Crippen LogP contribution in [0, 0.1) is 0 Å². The van der Waals surface area contributed by atoms with Gasteiger partial charge in [-0.2, -0.15) is 0 Å². The first-order chi connectivity index (χ1) is 6.07. The van der Waals surface area contributed by atoms with Crippen molar-refractivity contribution in [3.05, 3.63) is 0 Å². The van der Waals surface area contributed by atoms with Crippen LogP contribution in [0.3, 0.4) is 0 Å². The molecular weight excluding hydrogens is 190 g/mol. The van der Waals surface area contributed by atoms with E-state index < -0.39 is 9.84 Å². The highest BCUT2D eigenvalue weighted by molar-refractivity contribution is 7.91. The van der Waals surface area contributed by atoms with Gasteiger partial charge >= 0.3 is 0 Å². The lowest BCUT2D eigenvalue weighted by molar-refractivity contribution is 0.230. The first kappa shape index (κ1) is 10.9. The van der Waals surface area contributed by atoms with E-state index >= 15 is 0 Å². The van der Waals surface area contributed by atoms with Crippen molar-refractivity contribution >= 4 is 9.84 Å². The zero-order chi connectivity index (χ0) is 9.90. The molecule has 1 aliphatic rings. The zero-order valence-electron chi connectivity index (χ0n) is 7.86. The highest BCUT2D eigenvalue weighted by Gasteiger charge is 2.28. The van der Waals surface area contributed by atoms with Crippen molar-refractivity contribution in [2.45, 2.75) is 31.8 Å². The highest BCUT2D eigenvalue weighted by atomic mass is 32.2. The molecule has 1 fully saturated rings.